The number of aromatic nitrogens is 2. The lowest BCUT2D eigenvalue weighted by Crippen LogP contribution is -2.26. The summed E-state index contributed by atoms with van der Waals surface area (Å²) in [4.78, 5) is 22.2. The summed E-state index contributed by atoms with van der Waals surface area (Å²) in [5.41, 5.74) is 2.24. The standard InChI is InChI=1S/C21H24ClN3O3/c1-13(2)12-28-20-15(22)9-14(10-18(20)27-4)21(26)25(3)11-19-23-16-7-5-6-8-17(16)24-19/h5-10,13H,11-12H2,1-4H3,(H,23,24). The third-order valence-corrected chi connectivity index (χ3v) is 4.49. The Kier molecular flexibility index (Phi) is 6.09. The molecule has 28 heavy (non-hydrogen) atoms. The molecular weight excluding hydrogens is 378 g/mol. The fraction of sp³-hybridized carbons (Fsp3) is 0.333. The average molecular weight is 402 g/mol. The van der Waals surface area contributed by atoms with Crippen molar-refractivity contribution in [2.45, 2.75) is 20.4 Å². The summed E-state index contributed by atoms with van der Waals surface area (Å²) in [7, 11) is 3.25. The Morgan fingerprint density at radius 2 is 2.04 bits per heavy atom. The number of H-pyrrole nitrogens is 1. The molecule has 0 bridgehead atoms. The number of fused-ring (bicyclic) bond motifs is 1. The highest BCUT2D eigenvalue weighted by Gasteiger charge is 2.19. The number of imidazole rings is 1. The van der Waals surface area contributed by atoms with Gasteiger partial charge in [-0.1, -0.05) is 37.6 Å². The lowest BCUT2D eigenvalue weighted by molar-refractivity contribution is 0.0781. The second kappa shape index (κ2) is 8.52. The molecule has 0 aliphatic heterocycles. The van der Waals surface area contributed by atoms with Gasteiger partial charge in [0.05, 0.1) is 36.3 Å². The highest BCUT2D eigenvalue weighted by molar-refractivity contribution is 6.32. The van der Waals surface area contributed by atoms with E-state index in [-0.39, 0.29) is 5.91 Å². The van der Waals surface area contributed by atoms with E-state index in [4.69, 9.17) is 21.1 Å². The number of methoxy groups -OCH3 is 1. The Morgan fingerprint density at radius 1 is 1.29 bits per heavy atom. The molecule has 1 N–H and O–H groups in total. The van der Waals surface area contributed by atoms with Crippen LogP contribution >= 0.6 is 11.6 Å². The number of halogens is 1. The van der Waals surface area contributed by atoms with Crippen LogP contribution in [0.4, 0.5) is 0 Å². The SMILES string of the molecule is COc1cc(C(=O)N(C)Cc2nc3ccccc3[nH]2)cc(Cl)c1OCC(C)C. The maximum atomic E-state index is 12.9. The van der Waals surface area contributed by atoms with Crippen LogP contribution in [0.5, 0.6) is 11.5 Å². The average Bonchev–Trinajstić information content (AvgIpc) is 3.07. The Bertz CT molecular complexity index is 951. The third kappa shape index (κ3) is 4.39. The van der Waals surface area contributed by atoms with E-state index in [1.54, 1.807) is 24.1 Å². The van der Waals surface area contributed by atoms with Crippen molar-refractivity contribution >= 4 is 28.5 Å². The quantitative estimate of drug-likeness (QED) is 0.631. The first-order valence-corrected chi connectivity index (χ1v) is 9.46. The van der Waals surface area contributed by atoms with Crippen LogP contribution in [0.25, 0.3) is 11.0 Å². The van der Waals surface area contributed by atoms with E-state index in [2.05, 4.69) is 9.97 Å². The third-order valence-electron chi connectivity index (χ3n) is 4.21. The predicted octanol–water partition coefficient (Wildman–Crippen LogP) is 4.53. The molecule has 0 saturated carbocycles. The van der Waals surface area contributed by atoms with Crippen LogP contribution in [0.15, 0.2) is 36.4 Å². The minimum Gasteiger partial charge on any atom is -0.493 e. The number of ether oxygens (including phenoxy) is 2. The smallest absolute Gasteiger partial charge is 0.254 e. The molecule has 0 aliphatic carbocycles. The van der Waals surface area contributed by atoms with Crippen LogP contribution in [-0.4, -0.2) is 41.5 Å². The zero-order valence-corrected chi connectivity index (χ0v) is 17.2. The van der Waals surface area contributed by atoms with Gasteiger partial charge in [-0.05, 0) is 30.2 Å². The first-order chi connectivity index (χ1) is 13.4. The molecule has 148 valence electrons. The van der Waals surface area contributed by atoms with E-state index in [1.165, 1.54) is 7.11 Å². The molecule has 0 aliphatic rings. The number of hydrogen-bond donors (Lipinski definition) is 1. The molecule has 2 aromatic carbocycles. The Hall–Kier alpha value is -2.73. The summed E-state index contributed by atoms with van der Waals surface area (Å²) < 4.78 is 11.1. The summed E-state index contributed by atoms with van der Waals surface area (Å²) in [6.07, 6.45) is 0. The maximum absolute atomic E-state index is 12.9. The van der Waals surface area contributed by atoms with Crippen LogP contribution in [0.1, 0.15) is 30.0 Å². The largest absolute Gasteiger partial charge is 0.493 e. The van der Waals surface area contributed by atoms with Gasteiger partial charge < -0.3 is 19.4 Å². The summed E-state index contributed by atoms with van der Waals surface area (Å²) in [6, 6.07) is 11.0. The van der Waals surface area contributed by atoms with Gasteiger partial charge in [-0.2, -0.15) is 0 Å². The number of aromatic amines is 1. The van der Waals surface area contributed by atoms with Crippen LogP contribution < -0.4 is 9.47 Å². The molecule has 0 saturated heterocycles. The van der Waals surface area contributed by atoms with Crippen molar-refractivity contribution in [2.24, 2.45) is 5.92 Å². The van der Waals surface area contributed by atoms with Gasteiger partial charge in [0.1, 0.15) is 5.82 Å². The number of nitrogens with one attached hydrogen (secondary N) is 1. The van der Waals surface area contributed by atoms with Crippen molar-refractivity contribution in [1.29, 1.82) is 0 Å². The molecule has 3 aromatic rings. The zero-order chi connectivity index (χ0) is 20.3. The van der Waals surface area contributed by atoms with Crippen LogP contribution in [0.3, 0.4) is 0 Å². The molecule has 7 heteroatoms. The highest BCUT2D eigenvalue weighted by Crippen LogP contribution is 2.37. The first-order valence-electron chi connectivity index (χ1n) is 9.08. The lowest BCUT2D eigenvalue weighted by Gasteiger charge is -2.18. The van der Waals surface area contributed by atoms with E-state index in [0.29, 0.717) is 47.0 Å². The van der Waals surface area contributed by atoms with Gasteiger partial charge in [0, 0.05) is 12.6 Å². The minimum atomic E-state index is -0.184. The van der Waals surface area contributed by atoms with E-state index >= 15 is 0 Å². The number of amides is 1. The summed E-state index contributed by atoms with van der Waals surface area (Å²) in [5, 5.41) is 0.348. The van der Waals surface area contributed by atoms with E-state index in [0.717, 1.165) is 11.0 Å². The number of carbonyl (C=O) groups excluding carboxylic acids is 1. The van der Waals surface area contributed by atoms with Crippen LogP contribution in [-0.2, 0) is 6.54 Å². The lowest BCUT2D eigenvalue weighted by atomic mass is 10.1. The van der Waals surface area contributed by atoms with Crippen molar-refractivity contribution < 1.29 is 14.3 Å². The van der Waals surface area contributed by atoms with E-state index < -0.39 is 0 Å². The molecule has 1 aromatic heterocycles. The molecule has 3 rings (SSSR count). The molecule has 0 unspecified atom stereocenters. The van der Waals surface area contributed by atoms with Crippen molar-refractivity contribution in [2.75, 3.05) is 20.8 Å². The molecule has 1 amide bonds. The van der Waals surface area contributed by atoms with Gasteiger partial charge in [0.25, 0.3) is 5.91 Å². The molecule has 0 spiro atoms. The Balaban J connectivity index is 1.79. The van der Waals surface area contributed by atoms with Crippen LogP contribution in [0.2, 0.25) is 5.02 Å². The molecule has 0 fully saturated rings. The monoisotopic (exact) mass is 401 g/mol. The number of para-hydroxylation sites is 2. The van der Waals surface area contributed by atoms with Gasteiger partial charge in [-0.3, -0.25) is 4.79 Å². The second-order valence-corrected chi connectivity index (χ2v) is 7.46. The van der Waals surface area contributed by atoms with Gasteiger partial charge in [0.15, 0.2) is 11.5 Å². The molecular formula is C21H24ClN3O3. The first kappa shape index (κ1) is 20.0. The maximum Gasteiger partial charge on any atom is 0.254 e. The zero-order valence-electron chi connectivity index (χ0n) is 16.5. The highest BCUT2D eigenvalue weighted by atomic mass is 35.5. The summed E-state index contributed by atoms with van der Waals surface area (Å²) in [5.74, 6) is 1.77. The summed E-state index contributed by atoms with van der Waals surface area (Å²) in [6.45, 7) is 4.95. The fourth-order valence-corrected chi connectivity index (χ4v) is 3.10. The number of rotatable bonds is 7. The van der Waals surface area contributed by atoms with E-state index in [9.17, 15) is 4.79 Å². The molecule has 1 heterocycles. The van der Waals surface area contributed by atoms with Crippen LogP contribution in [0, 0.1) is 5.92 Å². The fourth-order valence-electron chi connectivity index (χ4n) is 2.83. The summed E-state index contributed by atoms with van der Waals surface area (Å²) >= 11 is 6.36. The van der Waals surface area contributed by atoms with Crippen molar-refractivity contribution in [3.8, 4) is 11.5 Å². The number of nitrogens with zero attached hydrogens (tertiary/aromatic N) is 2. The van der Waals surface area contributed by atoms with Crippen molar-refractivity contribution in [3.63, 3.8) is 0 Å². The van der Waals surface area contributed by atoms with Gasteiger partial charge in [0.2, 0.25) is 0 Å². The van der Waals surface area contributed by atoms with Crippen molar-refractivity contribution in [3.05, 3.63) is 52.8 Å². The normalized spacial score (nSPS) is 11.1. The Labute approximate surface area is 169 Å². The van der Waals surface area contributed by atoms with Gasteiger partial charge in [-0.25, -0.2) is 4.98 Å². The number of carbonyl (C=O) groups is 1. The number of hydrogen-bond acceptors (Lipinski definition) is 4. The second-order valence-electron chi connectivity index (χ2n) is 7.06. The van der Waals surface area contributed by atoms with Gasteiger partial charge in [-0.15, -0.1) is 0 Å². The topological polar surface area (TPSA) is 67.5 Å². The van der Waals surface area contributed by atoms with Crippen molar-refractivity contribution in [1.82, 2.24) is 14.9 Å². The molecule has 0 atom stereocenters. The minimum absolute atomic E-state index is 0.184. The molecule has 0 radical (unpaired) electrons. The number of benzene rings is 2. The molecule has 6 nitrogen and oxygen atoms in total. The Morgan fingerprint density at radius 3 is 2.71 bits per heavy atom. The van der Waals surface area contributed by atoms with E-state index in [1.807, 2.05) is 38.1 Å². The van der Waals surface area contributed by atoms with Gasteiger partial charge >= 0.3 is 0 Å². The predicted molar refractivity (Wildman–Crippen MR) is 110 cm³/mol.